The lowest BCUT2D eigenvalue weighted by Crippen LogP contribution is -2.27. The van der Waals surface area contributed by atoms with Gasteiger partial charge in [-0.05, 0) is 37.3 Å². The summed E-state index contributed by atoms with van der Waals surface area (Å²) in [6.45, 7) is 3.62. The number of hydrogen-bond donors (Lipinski definition) is 0. The Bertz CT molecular complexity index is 1440. The normalized spacial score (nSPS) is 12.3. The Kier molecular flexibility index (Phi) is 4.20. The monoisotopic (exact) mass is 399 g/mol. The molecule has 1 atom stereocenters. The second-order valence-corrected chi connectivity index (χ2v) is 6.88. The molecule has 9 nitrogen and oxygen atoms in total. The fraction of sp³-hybridized carbons (Fsp3) is 0.143. The zero-order valence-corrected chi connectivity index (χ0v) is 16.3. The molecule has 3 aromatic heterocycles. The van der Waals surface area contributed by atoms with Gasteiger partial charge in [-0.25, -0.2) is 9.67 Å². The summed E-state index contributed by atoms with van der Waals surface area (Å²) in [5.41, 5.74) is 1.85. The van der Waals surface area contributed by atoms with E-state index < -0.39 is 6.04 Å². The second kappa shape index (κ2) is 7.03. The molecule has 9 heteroatoms. The van der Waals surface area contributed by atoms with Crippen molar-refractivity contribution in [3.05, 3.63) is 82.7 Å². The Morgan fingerprint density at radius 1 is 1.03 bits per heavy atom. The van der Waals surface area contributed by atoms with Crippen molar-refractivity contribution in [3.8, 4) is 5.88 Å². The highest BCUT2D eigenvalue weighted by Gasteiger charge is 2.17. The molecule has 30 heavy (non-hydrogen) atoms. The van der Waals surface area contributed by atoms with Crippen LogP contribution in [0.1, 0.15) is 24.5 Å². The molecule has 0 aliphatic heterocycles. The average Bonchev–Trinajstić information content (AvgIpc) is 3.16. The third-order valence-electron chi connectivity index (χ3n) is 4.85. The Morgan fingerprint density at radius 2 is 1.83 bits per heavy atom. The molecule has 5 rings (SSSR count). The third kappa shape index (κ3) is 3.06. The van der Waals surface area contributed by atoms with Crippen LogP contribution in [0, 0.1) is 6.92 Å². The number of para-hydroxylation sites is 1. The highest BCUT2D eigenvalue weighted by Crippen LogP contribution is 2.20. The molecular formula is C21H17N7O2. The van der Waals surface area contributed by atoms with Crippen molar-refractivity contribution in [2.75, 3.05) is 0 Å². The lowest BCUT2D eigenvalue weighted by Gasteiger charge is -2.15. The molecule has 5 aromatic rings. The molecule has 148 valence electrons. The summed E-state index contributed by atoms with van der Waals surface area (Å²) >= 11 is 0. The van der Waals surface area contributed by atoms with E-state index in [0.717, 1.165) is 10.9 Å². The van der Waals surface area contributed by atoms with Crippen LogP contribution in [0.25, 0.3) is 21.8 Å². The minimum atomic E-state index is -0.418. The fourth-order valence-electron chi connectivity index (χ4n) is 3.33. The van der Waals surface area contributed by atoms with Crippen molar-refractivity contribution in [1.29, 1.82) is 0 Å². The van der Waals surface area contributed by atoms with Crippen molar-refractivity contribution >= 4 is 21.8 Å². The molecule has 2 aromatic carbocycles. The van der Waals surface area contributed by atoms with E-state index in [1.165, 1.54) is 9.53 Å². The third-order valence-corrected chi connectivity index (χ3v) is 4.85. The van der Waals surface area contributed by atoms with Crippen LogP contribution in [0.3, 0.4) is 0 Å². The van der Waals surface area contributed by atoms with Crippen LogP contribution in [0.4, 0.5) is 0 Å². The van der Waals surface area contributed by atoms with Crippen LogP contribution in [-0.2, 0) is 0 Å². The number of hydrogen-bond acceptors (Lipinski definition) is 7. The van der Waals surface area contributed by atoms with Gasteiger partial charge in [-0.15, -0.1) is 5.10 Å². The van der Waals surface area contributed by atoms with Gasteiger partial charge in [0.2, 0.25) is 0 Å². The van der Waals surface area contributed by atoms with Crippen LogP contribution in [0.5, 0.6) is 5.88 Å². The van der Waals surface area contributed by atoms with E-state index in [-0.39, 0.29) is 5.56 Å². The number of fused-ring (bicyclic) bond motifs is 2. The Morgan fingerprint density at radius 3 is 2.73 bits per heavy atom. The van der Waals surface area contributed by atoms with Gasteiger partial charge in [0.15, 0.2) is 0 Å². The lowest BCUT2D eigenvalue weighted by atomic mass is 10.2. The van der Waals surface area contributed by atoms with Crippen LogP contribution in [0.15, 0.2) is 65.6 Å². The van der Waals surface area contributed by atoms with Gasteiger partial charge in [0, 0.05) is 11.5 Å². The quantitative estimate of drug-likeness (QED) is 0.458. The summed E-state index contributed by atoms with van der Waals surface area (Å²) in [5.74, 6) is 0.807. The van der Waals surface area contributed by atoms with Gasteiger partial charge in [-0.2, -0.15) is 10.1 Å². The highest BCUT2D eigenvalue weighted by atomic mass is 16.7. The van der Waals surface area contributed by atoms with Crippen molar-refractivity contribution < 1.29 is 4.84 Å². The smallest absolute Gasteiger partial charge is 0.275 e. The van der Waals surface area contributed by atoms with Crippen molar-refractivity contribution in [1.82, 2.24) is 34.9 Å². The zero-order valence-electron chi connectivity index (χ0n) is 16.3. The van der Waals surface area contributed by atoms with Crippen molar-refractivity contribution in [2.24, 2.45) is 0 Å². The Balaban J connectivity index is 1.53. The molecule has 0 N–H and O–H groups in total. The number of benzene rings is 2. The van der Waals surface area contributed by atoms with Crippen LogP contribution in [-0.4, -0.2) is 34.9 Å². The van der Waals surface area contributed by atoms with Gasteiger partial charge in [0.25, 0.3) is 11.4 Å². The van der Waals surface area contributed by atoms with Gasteiger partial charge in [0.1, 0.15) is 16.9 Å². The van der Waals surface area contributed by atoms with E-state index in [1.807, 2.05) is 49.4 Å². The summed E-state index contributed by atoms with van der Waals surface area (Å²) in [6, 6.07) is 16.1. The molecule has 0 saturated heterocycles. The fourth-order valence-corrected chi connectivity index (χ4v) is 3.33. The minimum Gasteiger partial charge on any atom is -0.335 e. The maximum atomic E-state index is 12.9. The number of rotatable bonds is 4. The molecule has 0 amide bonds. The molecule has 0 fully saturated rings. The highest BCUT2D eigenvalue weighted by molar-refractivity contribution is 5.80. The van der Waals surface area contributed by atoms with Crippen molar-refractivity contribution in [3.63, 3.8) is 0 Å². The first-order chi connectivity index (χ1) is 14.6. The number of nitrogens with zero attached hydrogens (tertiary/aromatic N) is 7. The number of aromatic nitrogens is 7. The first-order valence-corrected chi connectivity index (χ1v) is 9.41. The van der Waals surface area contributed by atoms with E-state index in [0.29, 0.717) is 28.3 Å². The molecule has 0 aliphatic carbocycles. The molecule has 0 aliphatic rings. The van der Waals surface area contributed by atoms with Crippen LogP contribution in [0.2, 0.25) is 0 Å². The van der Waals surface area contributed by atoms with E-state index in [1.54, 1.807) is 25.3 Å². The molecular weight excluding hydrogens is 382 g/mol. The predicted octanol–water partition coefficient (Wildman–Crippen LogP) is 2.69. The summed E-state index contributed by atoms with van der Waals surface area (Å²) < 4.78 is 1.42. The standard InChI is InChI=1S/C21H17N7O2/c1-13(27-21(29)16-8-4-3-7-15(16)12-22-27)18-11-20(24-14(2)23-18)30-28-19-10-6-5-9-17(19)25-26-28/h3-13H,1-2H3. The molecule has 1 unspecified atom stereocenters. The van der Waals surface area contributed by atoms with Gasteiger partial charge < -0.3 is 4.84 Å². The molecule has 0 spiro atoms. The maximum Gasteiger partial charge on any atom is 0.275 e. The van der Waals surface area contributed by atoms with E-state index >= 15 is 0 Å². The zero-order chi connectivity index (χ0) is 20.7. The lowest BCUT2D eigenvalue weighted by molar-refractivity contribution is 0.174. The Labute approximate surface area is 170 Å². The molecule has 0 saturated carbocycles. The second-order valence-electron chi connectivity index (χ2n) is 6.88. The van der Waals surface area contributed by atoms with Gasteiger partial charge in [-0.1, -0.05) is 35.2 Å². The van der Waals surface area contributed by atoms with Crippen LogP contribution >= 0.6 is 0 Å². The first kappa shape index (κ1) is 17.9. The number of aryl methyl sites for hydroxylation is 1. The minimum absolute atomic E-state index is 0.179. The SMILES string of the molecule is Cc1nc(On2nnc3ccccc32)cc(C(C)n2ncc3ccccc3c2=O)n1. The topological polar surface area (TPSA) is 101 Å². The average molecular weight is 399 g/mol. The van der Waals surface area contributed by atoms with E-state index in [2.05, 4.69) is 25.4 Å². The summed E-state index contributed by atoms with van der Waals surface area (Å²) in [4.78, 5) is 28.9. The van der Waals surface area contributed by atoms with E-state index in [4.69, 9.17) is 4.84 Å². The molecule has 0 bridgehead atoms. The van der Waals surface area contributed by atoms with E-state index in [9.17, 15) is 4.79 Å². The maximum absolute atomic E-state index is 12.9. The van der Waals surface area contributed by atoms with Gasteiger partial charge in [0.05, 0.1) is 23.3 Å². The van der Waals surface area contributed by atoms with Crippen LogP contribution < -0.4 is 10.4 Å². The molecule has 3 heterocycles. The first-order valence-electron chi connectivity index (χ1n) is 9.41. The summed E-state index contributed by atoms with van der Waals surface area (Å²) in [5, 5.41) is 13.8. The largest absolute Gasteiger partial charge is 0.335 e. The van der Waals surface area contributed by atoms with Gasteiger partial charge in [-0.3, -0.25) is 4.79 Å². The predicted molar refractivity (Wildman–Crippen MR) is 110 cm³/mol. The molecule has 0 radical (unpaired) electrons. The summed E-state index contributed by atoms with van der Waals surface area (Å²) in [7, 11) is 0. The summed E-state index contributed by atoms with van der Waals surface area (Å²) in [6.07, 6.45) is 1.68. The van der Waals surface area contributed by atoms with Crippen molar-refractivity contribution in [2.45, 2.75) is 19.9 Å². The Hall–Kier alpha value is -4.14. The van der Waals surface area contributed by atoms with Gasteiger partial charge >= 0.3 is 0 Å².